The lowest BCUT2D eigenvalue weighted by atomic mass is 9.95. The van der Waals surface area contributed by atoms with Gasteiger partial charge < -0.3 is 9.88 Å². The minimum atomic E-state index is 0.116. The summed E-state index contributed by atoms with van der Waals surface area (Å²) in [6.45, 7) is 1.83. The van der Waals surface area contributed by atoms with Crippen molar-refractivity contribution in [1.29, 1.82) is 0 Å². The van der Waals surface area contributed by atoms with E-state index < -0.39 is 0 Å². The van der Waals surface area contributed by atoms with E-state index in [1.807, 2.05) is 13.2 Å². The highest BCUT2D eigenvalue weighted by Crippen LogP contribution is 2.14. The summed E-state index contributed by atoms with van der Waals surface area (Å²) in [5.41, 5.74) is 0. The Morgan fingerprint density at radius 2 is 2.57 bits per heavy atom. The molecule has 1 aromatic heterocycles. The third-order valence-corrected chi connectivity index (χ3v) is 2.71. The summed E-state index contributed by atoms with van der Waals surface area (Å²) in [6.07, 6.45) is 5.55. The minimum absolute atomic E-state index is 0.116. The number of aryl methyl sites for hydroxylation is 1. The molecule has 76 valence electrons. The van der Waals surface area contributed by atoms with Crippen LogP contribution in [-0.4, -0.2) is 28.4 Å². The SMILES string of the molecule is Cn1ccnc1C(=O)[C@@H]1CCCNC1. The molecule has 1 aliphatic rings. The van der Waals surface area contributed by atoms with Crippen LogP contribution in [0.5, 0.6) is 0 Å². The molecule has 0 aliphatic carbocycles. The van der Waals surface area contributed by atoms with E-state index in [0.29, 0.717) is 5.82 Å². The Bertz CT molecular complexity index is 326. The van der Waals surface area contributed by atoms with Gasteiger partial charge in [-0.2, -0.15) is 0 Å². The first-order valence-electron chi connectivity index (χ1n) is 5.01. The van der Waals surface area contributed by atoms with Gasteiger partial charge in [-0.25, -0.2) is 4.98 Å². The normalized spacial score (nSPS) is 22.2. The van der Waals surface area contributed by atoms with Crippen molar-refractivity contribution in [3.05, 3.63) is 18.2 Å². The molecule has 1 saturated heterocycles. The van der Waals surface area contributed by atoms with Crippen molar-refractivity contribution >= 4 is 5.78 Å². The second kappa shape index (κ2) is 3.92. The molecule has 0 aromatic carbocycles. The van der Waals surface area contributed by atoms with E-state index in [2.05, 4.69) is 10.3 Å². The predicted molar refractivity (Wildman–Crippen MR) is 53.1 cm³/mol. The number of hydrogen-bond acceptors (Lipinski definition) is 3. The van der Waals surface area contributed by atoms with Gasteiger partial charge >= 0.3 is 0 Å². The molecule has 14 heavy (non-hydrogen) atoms. The van der Waals surface area contributed by atoms with Crippen molar-refractivity contribution in [2.45, 2.75) is 12.8 Å². The molecule has 4 heteroatoms. The number of imidazole rings is 1. The van der Waals surface area contributed by atoms with Crippen LogP contribution in [0.2, 0.25) is 0 Å². The number of nitrogens with one attached hydrogen (secondary N) is 1. The smallest absolute Gasteiger partial charge is 0.202 e. The fraction of sp³-hybridized carbons (Fsp3) is 0.600. The summed E-state index contributed by atoms with van der Waals surface area (Å²) in [4.78, 5) is 16.0. The lowest BCUT2D eigenvalue weighted by molar-refractivity contribution is 0.0885. The third kappa shape index (κ3) is 1.70. The summed E-state index contributed by atoms with van der Waals surface area (Å²) in [7, 11) is 1.86. The molecule has 0 saturated carbocycles. The Balaban J connectivity index is 2.11. The number of carbonyl (C=O) groups excluding carboxylic acids is 1. The fourth-order valence-corrected chi connectivity index (χ4v) is 1.86. The zero-order chi connectivity index (χ0) is 9.97. The van der Waals surface area contributed by atoms with Crippen molar-refractivity contribution in [2.24, 2.45) is 13.0 Å². The molecule has 1 aliphatic heterocycles. The molecule has 0 unspecified atom stereocenters. The highest BCUT2D eigenvalue weighted by molar-refractivity contribution is 5.94. The first kappa shape index (κ1) is 9.40. The minimum Gasteiger partial charge on any atom is -0.332 e. The maximum atomic E-state index is 12.0. The Hall–Kier alpha value is -1.16. The second-order valence-corrected chi connectivity index (χ2v) is 3.77. The zero-order valence-electron chi connectivity index (χ0n) is 8.36. The molecular weight excluding hydrogens is 178 g/mol. The average Bonchev–Trinajstić information content (AvgIpc) is 2.65. The monoisotopic (exact) mass is 193 g/mol. The number of Topliss-reactive ketones (excluding diaryl/α,β-unsaturated/α-hetero) is 1. The van der Waals surface area contributed by atoms with Crippen molar-refractivity contribution in [1.82, 2.24) is 14.9 Å². The van der Waals surface area contributed by atoms with E-state index in [-0.39, 0.29) is 11.7 Å². The fourth-order valence-electron chi connectivity index (χ4n) is 1.86. The quantitative estimate of drug-likeness (QED) is 0.700. The number of nitrogens with zero attached hydrogens (tertiary/aromatic N) is 2. The van der Waals surface area contributed by atoms with E-state index in [9.17, 15) is 4.79 Å². The van der Waals surface area contributed by atoms with Crippen molar-refractivity contribution in [3.63, 3.8) is 0 Å². The van der Waals surface area contributed by atoms with Crippen molar-refractivity contribution < 1.29 is 4.79 Å². The van der Waals surface area contributed by atoms with Gasteiger partial charge in [-0.05, 0) is 19.4 Å². The van der Waals surface area contributed by atoms with E-state index in [1.54, 1.807) is 10.8 Å². The van der Waals surface area contributed by atoms with Gasteiger partial charge in [-0.15, -0.1) is 0 Å². The molecule has 1 atom stereocenters. The first-order chi connectivity index (χ1) is 6.79. The van der Waals surface area contributed by atoms with Crippen LogP contribution in [0.25, 0.3) is 0 Å². The van der Waals surface area contributed by atoms with Crippen LogP contribution in [-0.2, 0) is 7.05 Å². The maximum absolute atomic E-state index is 12.0. The van der Waals surface area contributed by atoms with Gasteiger partial charge in [-0.3, -0.25) is 4.79 Å². The molecule has 0 bridgehead atoms. The number of piperidine rings is 1. The van der Waals surface area contributed by atoms with E-state index in [1.165, 1.54) is 0 Å². The highest BCUT2D eigenvalue weighted by Gasteiger charge is 2.24. The topological polar surface area (TPSA) is 46.9 Å². The van der Waals surface area contributed by atoms with E-state index in [0.717, 1.165) is 25.9 Å². The summed E-state index contributed by atoms with van der Waals surface area (Å²) < 4.78 is 1.79. The van der Waals surface area contributed by atoms with Crippen LogP contribution in [0.15, 0.2) is 12.4 Å². The van der Waals surface area contributed by atoms with E-state index in [4.69, 9.17) is 0 Å². The molecule has 1 fully saturated rings. The molecule has 0 spiro atoms. The lowest BCUT2D eigenvalue weighted by Crippen LogP contribution is -2.35. The molecule has 4 nitrogen and oxygen atoms in total. The molecule has 1 aromatic rings. The zero-order valence-corrected chi connectivity index (χ0v) is 8.36. The van der Waals surface area contributed by atoms with Crippen LogP contribution in [0.4, 0.5) is 0 Å². The molecule has 1 N–H and O–H groups in total. The summed E-state index contributed by atoms with van der Waals surface area (Å²) in [5, 5.41) is 3.24. The van der Waals surface area contributed by atoms with Gasteiger partial charge in [0.05, 0.1) is 0 Å². The van der Waals surface area contributed by atoms with Crippen LogP contribution in [0.3, 0.4) is 0 Å². The van der Waals surface area contributed by atoms with Gasteiger partial charge in [0, 0.05) is 31.9 Å². The van der Waals surface area contributed by atoms with E-state index >= 15 is 0 Å². The molecular formula is C10H15N3O. The van der Waals surface area contributed by atoms with Gasteiger partial charge in [0.2, 0.25) is 5.78 Å². The first-order valence-corrected chi connectivity index (χ1v) is 5.01. The maximum Gasteiger partial charge on any atom is 0.202 e. The van der Waals surface area contributed by atoms with Crippen LogP contribution >= 0.6 is 0 Å². The van der Waals surface area contributed by atoms with Gasteiger partial charge in [-0.1, -0.05) is 0 Å². The molecule has 0 amide bonds. The van der Waals surface area contributed by atoms with Crippen LogP contribution in [0.1, 0.15) is 23.5 Å². The summed E-state index contributed by atoms with van der Waals surface area (Å²) in [6, 6.07) is 0. The van der Waals surface area contributed by atoms with Crippen molar-refractivity contribution in [2.75, 3.05) is 13.1 Å². The largest absolute Gasteiger partial charge is 0.332 e. The van der Waals surface area contributed by atoms with Crippen LogP contribution in [0, 0.1) is 5.92 Å². The van der Waals surface area contributed by atoms with Crippen molar-refractivity contribution in [3.8, 4) is 0 Å². The average molecular weight is 193 g/mol. The molecule has 2 rings (SSSR count). The summed E-state index contributed by atoms with van der Waals surface area (Å²) in [5.74, 6) is 0.869. The Labute approximate surface area is 83.3 Å². The van der Waals surface area contributed by atoms with Gasteiger partial charge in [0.1, 0.15) is 0 Å². The standard InChI is InChI=1S/C10H15N3O/c1-13-6-5-12-10(13)9(14)8-3-2-4-11-7-8/h5-6,8,11H,2-4,7H2,1H3/t8-/m1/s1. The number of rotatable bonds is 2. The Morgan fingerprint density at radius 1 is 1.71 bits per heavy atom. The van der Waals surface area contributed by atoms with Gasteiger partial charge in [0.15, 0.2) is 5.82 Å². The number of hydrogen-bond donors (Lipinski definition) is 1. The number of aromatic nitrogens is 2. The summed E-state index contributed by atoms with van der Waals surface area (Å²) >= 11 is 0. The molecule has 0 radical (unpaired) electrons. The predicted octanol–water partition coefficient (Wildman–Crippen LogP) is 0.602. The highest BCUT2D eigenvalue weighted by atomic mass is 16.1. The number of carbonyl (C=O) groups is 1. The molecule has 2 heterocycles. The second-order valence-electron chi connectivity index (χ2n) is 3.77. The Morgan fingerprint density at radius 3 is 3.14 bits per heavy atom. The lowest BCUT2D eigenvalue weighted by Gasteiger charge is -2.20. The third-order valence-electron chi connectivity index (χ3n) is 2.71. The van der Waals surface area contributed by atoms with Gasteiger partial charge in [0.25, 0.3) is 0 Å². The van der Waals surface area contributed by atoms with Crippen LogP contribution < -0.4 is 5.32 Å². The number of ketones is 1. The Kier molecular flexibility index (Phi) is 2.63.